The van der Waals surface area contributed by atoms with Crippen molar-refractivity contribution in [2.45, 2.75) is 219 Å². The molecule has 0 saturated carbocycles. The van der Waals surface area contributed by atoms with E-state index >= 15 is 0 Å². The standard InChI is InChI=1S/C40H76N2O6/c1-35(2)36(42-38(44)31-24-20-16-12-8-4-6-10-14-18-22-26-33-40(47)48)29-27-28-34-41-37(43)30-23-19-15-11-7-3-5-9-13-17-21-25-32-39(45)46/h35-36H,3-34H2,1-2H3,(H,41,43)(H,42,44)(H,45,46)(H,47,48)/t36-/m0/s1. The van der Waals surface area contributed by atoms with Gasteiger partial charge in [0.1, 0.15) is 0 Å². The molecular weight excluding hydrogens is 604 g/mol. The molecule has 0 aromatic heterocycles. The lowest BCUT2D eigenvalue weighted by Gasteiger charge is -2.22. The van der Waals surface area contributed by atoms with E-state index in [0.29, 0.717) is 38.1 Å². The fourth-order valence-corrected chi connectivity index (χ4v) is 6.32. The second-order valence-electron chi connectivity index (χ2n) is 14.5. The van der Waals surface area contributed by atoms with E-state index in [1.165, 1.54) is 89.9 Å². The molecule has 282 valence electrons. The number of amides is 2. The van der Waals surface area contributed by atoms with Gasteiger partial charge in [-0.2, -0.15) is 0 Å². The summed E-state index contributed by atoms with van der Waals surface area (Å²) in [5.41, 5.74) is 0. The van der Waals surface area contributed by atoms with Crippen molar-refractivity contribution in [2.75, 3.05) is 6.54 Å². The Labute approximate surface area is 294 Å². The number of rotatable bonds is 37. The summed E-state index contributed by atoms with van der Waals surface area (Å²) in [6, 6.07) is 0.195. The second kappa shape index (κ2) is 34.7. The van der Waals surface area contributed by atoms with E-state index in [2.05, 4.69) is 24.5 Å². The number of carbonyl (C=O) groups excluding carboxylic acids is 2. The highest BCUT2D eigenvalue weighted by Crippen LogP contribution is 2.15. The lowest BCUT2D eigenvalue weighted by molar-refractivity contribution is -0.138. The molecular formula is C40H76N2O6. The smallest absolute Gasteiger partial charge is 0.303 e. The normalized spacial score (nSPS) is 11.9. The van der Waals surface area contributed by atoms with Crippen molar-refractivity contribution >= 4 is 23.8 Å². The zero-order chi connectivity index (χ0) is 35.5. The highest BCUT2D eigenvalue weighted by atomic mass is 16.4. The molecule has 2 amide bonds. The maximum Gasteiger partial charge on any atom is 0.303 e. The molecule has 0 bridgehead atoms. The maximum absolute atomic E-state index is 12.5. The van der Waals surface area contributed by atoms with Gasteiger partial charge in [0.25, 0.3) is 0 Å². The Hall–Kier alpha value is -2.12. The Morgan fingerprint density at radius 3 is 1.06 bits per heavy atom. The Morgan fingerprint density at radius 1 is 0.417 bits per heavy atom. The highest BCUT2D eigenvalue weighted by molar-refractivity contribution is 5.76. The van der Waals surface area contributed by atoms with E-state index in [0.717, 1.165) is 83.5 Å². The monoisotopic (exact) mass is 681 g/mol. The van der Waals surface area contributed by atoms with Crippen molar-refractivity contribution in [1.82, 2.24) is 10.6 Å². The number of carboxylic acids is 2. The summed E-state index contributed by atoms with van der Waals surface area (Å²) in [6.45, 7) is 5.05. The van der Waals surface area contributed by atoms with Crippen molar-refractivity contribution in [2.24, 2.45) is 5.92 Å². The molecule has 0 aromatic carbocycles. The van der Waals surface area contributed by atoms with Crippen molar-refractivity contribution < 1.29 is 29.4 Å². The molecule has 0 fully saturated rings. The molecule has 0 heterocycles. The van der Waals surface area contributed by atoms with E-state index in [4.69, 9.17) is 10.2 Å². The third kappa shape index (κ3) is 35.2. The molecule has 0 aliphatic rings. The molecule has 4 N–H and O–H groups in total. The first-order valence-electron chi connectivity index (χ1n) is 20.2. The first-order chi connectivity index (χ1) is 23.2. The van der Waals surface area contributed by atoms with Gasteiger partial charge in [0.05, 0.1) is 0 Å². The molecule has 1 atom stereocenters. The molecule has 0 rings (SSSR count). The Bertz CT molecular complexity index is 788. The van der Waals surface area contributed by atoms with Crippen LogP contribution in [0.2, 0.25) is 0 Å². The summed E-state index contributed by atoms with van der Waals surface area (Å²) in [7, 11) is 0. The summed E-state index contributed by atoms with van der Waals surface area (Å²) < 4.78 is 0. The van der Waals surface area contributed by atoms with E-state index in [1.54, 1.807) is 0 Å². The zero-order valence-electron chi connectivity index (χ0n) is 31.3. The molecule has 8 nitrogen and oxygen atoms in total. The molecule has 0 aromatic rings. The number of nitrogens with one attached hydrogen (secondary N) is 2. The number of aliphatic carboxylic acids is 2. The number of unbranched alkanes of at least 4 members (excludes halogenated alkanes) is 23. The summed E-state index contributed by atoms with van der Waals surface area (Å²) in [4.78, 5) is 45.8. The molecule has 0 spiro atoms. The molecule has 0 unspecified atom stereocenters. The summed E-state index contributed by atoms with van der Waals surface area (Å²) in [5.74, 6) is -0.640. The Balaban J connectivity index is 3.59. The molecule has 0 radical (unpaired) electrons. The Kier molecular flexibility index (Phi) is 33.2. The third-order valence-corrected chi connectivity index (χ3v) is 9.50. The lowest BCUT2D eigenvalue weighted by atomic mass is 9.98. The highest BCUT2D eigenvalue weighted by Gasteiger charge is 2.15. The number of carboxylic acid groups (broad SMARTS) is 2. The van der Waals surface area contributed by atoms with Crippen LogP contribution in [0.5, 0.6) is 0 Å². The van der Waals surface area contributed by atoms with Crippen LogP contribution in [0, 0.1) is 5.92 Å². The largest absolute Gasteiger partial charge is 0.481 e. The van der Waals surface area contributed by atoms with Gasteiger partial charge >= 0.3 is 11.9 Å². The number of carbonyl (C=O) groups is 4. The van der Waals surface area contributed by atoms with Crippen LogP contribution < -0.4 is 10.6 Å². The van der Waals surface area contributed by atoms with Crippen LogP contribution in [0.1, 0.15) is 213 Å². The first-order valence-corrected chi connectivity index (χ1v) is 20.2. The predicted molar refractivity (Wildman–Crippen MR) is 198 cm³/mol. The van der Waals surface area contributed by atoms with Gasteiger partial charge in [0.2, 0.25) is 11.8 Å². The minimum atomic E-state index is -0.686. The summed E-state index contributed by atoms with van der Waals surface area (Å²) >= 11 is 0. The molecule has 0 aliphatic carbocycles. The molecule has 0 saturated heterocycles. The quantitative estimate of drug-likeness (QED) is 0.0483. The van der Waals surface area contributed by atoms with Gasteiger partial charge in [0.15, 0.2) is 0 Å². The van der Waals surface area contributed by atoms with Gasteiger partial charge < -0.3 is 20.8 Å². The van der Waals surface area contributed by atoms with Gasteiger partial charge in [-0.3, -0.25) is 19.2 Å². The van der Waals surface area contributed by atoms with Gasteiger partial charge in [-0.1, -0.05) is 142 Å². The zero-order valence-corrected chi connectivity index (χ0v) is 31.3. The van der Waals surface area contributed by atoms with Crippen LogP contribution in [0.4, 0.5) is 0 Å². The van der Waals surface area contributed by atoms with Gasteiger partial charge in [-0.15, -0.1) is 0 Å². The van der Waals surface area contributed by atoms with Crippen LogP contribution in [-0.2, 0) is 19.2 Å². The van der Waals surface area contributed by atoms with Gasteiger partial charge in [-0.25, -0.2) is 0 Å². The predicted octanol–water partition coefficient (Wildman–Crippen LogP) is 10.5. The Morgan fingerprint density at radius 2 is 0.729 bits per heavy atom. The molecule has 48 heavy (non-hydrogen) atoms. The second-order valence-corrected chi connectivity index (χ2v) is 14.5. The van der Waals surface area contributed by atoms with Crippen molar-refractivity contribution in [1.29, 1.82) is 0 Å². The average Bonchev–Trinajstić information content (AvgIpc) is 3.03. The van der Waals surface area contributed by atoms with Crippen LogP contribution in [0.25, 0.3) is 0 Å². The number of hydrogen-bond donors (Lipinski definition) is 4. The van der Waals surface area contributed by atoms with Crippen molar-refractivity contribution in [3.05, 3.63) is 0 Å². The first kappa shape index (κ1) is 45.9. The topological polar surface area (TPSA) is 133 Å². The van der Waals surface area contributed by atoms with Crippen LogP contribution in [0.15, 0.2) is 0 Å². The minimum Gasteiger partial charge on any atom is -0.481 e. The van der Waals surface area contributed by atoms with Crippen LogP contribution in [0.3, 0.4) is 0 Å². The van der Waals surface area contributed by atoms with Crippen LogP contribution in [-0.4, -0.2) is 46.6 Å². The summed E-state index contributed by atoms with van der Waals surface area (Å²) in [6.07, 6.45) is 32.3. The van der Waals surface area contributed by atoms with Crippen LogP contribution >= 0.6 is 0 Å². The third-order valence-electron chi connectivity index (χ3n) is 9.50. The van der Waals surface area contributed by atoms with Gasteiger partial charge in [-0.05, 0) is 50.9 Å². The van der Waals surface area contributed by atoms with Crippen molar-refractivity contribution in [3.63, 3.8) is 0 Å². The average molecular weight is 681 g/mol. The fourth-order valence-electron chi connectivity index (χ4n) is 6.32. The maximum atomic E-state index is 12.5. The van der Waals surface area contributed by atoms with E-state index in [9.17, 15) is 19.2 Å². The minimum absolute atomic E-state index is 0.161. The van der Waals surface area contributed by atoms with E-state index in [1.807, 2.05) is 0 Å². The molecule has 0 aliphatic heterocycles. The van der Waals surface area contributed by atoms with Gasteiger partial charge in [0, 0.05) is 38.3 Å². The van der Waals surface area contributed by atoms with Crippen molar-refractivity contribution in [3.8, 4) is 0 Å². The fraction of sp³-hybridized carbons (Fsp3) is 0.900. The lowest BCUT2D eigenvalue weighted by Crippen LogP contribution is -2.38. The molecule has 8 heteroatoms. The SMILES string of the molecule is CC(C)[C@H](CCCCNC(=O)CCCCCCCCCCCCCCC(=O)O)NC(=O)CCCCCCCCCCCCCCC(=O)O. The summed E-state index contributed by atoms with van der Waals surface area (Å²) in [5, 5.41) is 23.6. The number of hydrogen-bond acceptors (Lipinski definition) is 4. The van der Waals surface area contributed by atoms with E-state index < -0.39 is 11.9 Å². The van der Waals surface area contributed by atoms with E-state index in [-0.39, 0.29) is 17.9 Å².